The van der Waals surface area contributed by atoms with Crippen LogP contribution < -0.4 is 0 Å². The minimum atomic E-state index is 0. The van der Waals surface area contributed by atoms with E-state index in [1.807, 2.05) is 0 Å². The molecule has 0 aliphatic heterocycles. The predicted molar refractivity (Wildman–Crippen MR) is 86.6 cm³/mol. The maximum atomic E-state index is 2.29. The molecule has 0 N–H and O–H groups in total. The average Bonchev–Trinajstić information content (AvgIpc) is 2.92. The third-order valence-electron chi connectivity index (χ3n) is 4.34. The average molecular weight is 433 g/mol. The quantitative estimate of drug-likeness (QED) is 0.336. The van der Waals surface area contributed by atoms with Gasteiger partial charge in [0.05, 0.1) is 0 Å². The van der Waals surface area contributed by atoms with Crippen LogP contribution >= 0.6 is 0 Å². The molecule has 0 bridgehead atoms. The Kier molecular flexibility index (Phi) is 22.1. The summed E-state index contributed by atoms with van der Waals surface area (Å²) >= 11 is 0. The Morgan fingerprint density at radius 1 is 0.632 bits per heavy atom. The summed E-state index contributed by atoms with van der Waals surface area (Å²) in [5.41, 5.74) is 0. The predicted octanol–water partition coefficient (Wildman–Crippen LogP) is 6.85. The van der Waals surface area contributed by atoms with Crippen molar-refractivity contribution in [2.75, 3.05) is 0 Å². The first-order valence-electron chi connectivity index (χ1n) is 7.86. The van der Waals surface area contributed by atoms with E-state index >= 15 is 0 Å². The molecule has 0 aromatic rings. The molecule has 0 saturated heterocycles. The van der Waals surface area contributed by atoms with Crippen LogP contribution in [-0.2, 0) is 25.8 Å². The van der Waals surface area contributed by atoms with Crippen LogP contribution in [0.25, 0.3) is 0 Å². The van der Waals surface area contributed by atoms with Crippen LogP contribution in [0.1, 0.15) is 90.9 Å². The molecule has 19 heavy (non-hydrogen) atoms. The number of rotatable bonds is 4. The summed E-state index contributed by atoms with van der Waals surface area (Å²) in [5, 5.41) is 0. The fraction of sp³-hybridized carbons (Fsp3) is 0.889. The summed E-state index contributed by atoms with van der Waals surface area (Å²) in [4.78, 5) is 0. The van der Waals surface area contributed by atoms with Crippen molar-refractivity contribution in [2.24, 2.45) is 11.8 Å². The van der Waals surface area contributed by atoms with Gasteiger partial charge < -0.3 is 14.9 Å². The van der Waals surface area contributed by atoms with Gasteiger partial charge >= 0.3 is 0 Å². The van der Waals surface area contributed by atoms with Gasteiger partial charge in [-0.25, -0.2) is 0 Å². The molecule has 0 amide bonds. The molecule has 0 heterocycles. The Hall–Kier alpha value is 0.870. The molecule has 116 valence electrons. The molecule has 2 rings (SSSR count). The van der Waals surface area contributed by atoms with Gasteiger partial charge in [-0.15, -0.1) is 0 Å². The maximum absolute atomic E-state index is 2.29. The summed E-state index contributed by atoms with van der Waals surface area (Å²) in [6, 6.07) is 0. The smallest absolute Gasteiger partial charge is 0 e. The van der Waals surface area contributed by atoms with E-state index in [0.29, 0.717) is 0 Å². The van der Waals surface area contributed by atoms with E-state index in [9.17, 15) is 0 Å². The Labute approximate surface area is 143 Å². The van der Waals surface area contributed by atoms with Crippen LogP contribution in [0.4, 0.5) is 0 Å². The van der Waals surface area contributed by atoms with Gasteiger partial charge in [0.15, 0.2) is 0 Å². The molecule has 2 saturated carbocycles. The van der Waals surface area contributed by atoms with Gasteiger partial charge in [0.2, 0.25) is 0 Å². The minimum absolute atomic E-state index is 0. The maximum Gasteiger partial charge on any atom is 0 e. The second-order valence-electron chi connectivity index (χ2n) is 5.88. The first-order chi connectivity index (χ1) is 7.86. The zero-order valence-electron chi connectivity index (χ0n) is 14.1. The van der Waals surface area contributed by atoms with Crippen molar-refractivity contribution < 1.29 is 25.8 Å². The van der Waals surface area contributed by atoms with Gasteiger partial charge in [0.25, 0.3) is 0 Å². The van der Waals surface area contributed by atoms with Crippen LogP contribution in [0.5, 0.6) is 0 Å². The normalized spacial score (nSPS) is 18.6. The molecule has 0 aromatic carbocycles. The number of hydrogen-bond donors (Lipinski definition) is 0. The molecule has 0 nitrogen and oxygen atoms in total. The van der Waals surface area contributed by atoms with E-state index in [4.69, 9.17) is 0 Å². The molecule has 2 aliphatic rings. The molecule has 2 aliphatic carbocycles. The number of hydrogen-bond acceptors (Lipinski definition) is 0. The van der Waals surface area contributed by atoms with E-state index in [1.54, 1.807) is 0 Å². The van der Waals surface area contributed by atoms with E-state index in [-0.39, 0.29) is 40.7 Å². The minimum Gasteiger partial charge on any atom is -0.358 e. The Bertz CT molecular complexity index is 126. The second-order valence-corrected chi connectivity index (χ2v) is 5.88. The summed E-state index contributed by atoms with van der Waals surface area (Å²) in [6.07, 6.45) is 17.9. The molecule has 1 heteroatoms. The molecular weight excluding hydrogens is 395 g/mol. The van der Waals surface area contributed by atoms with Crippen LogP contribution in [0, 0.1) is 26.7 Å². The Balaban J connectivity index is -0.000000233. The van der Waals surface area contributed by atoms with Crippen LogP contribution in [0.3, 0.4) is 0 Å². The van der Waals surface area contributed by atoms with Crippen molar-refractivity contribution in [1.29, 1.82) is 0 Å². The van der Waals surface area contributed by atoms with Crippen molar-refractivity contribution in [3.8, 4) is 0 Å². The van der Waals surface area contributed by atoms with Crippen LogP contribution in [0.15, 0.2) is 0 Å². The zero-order chi connectivity index (χ0) is 11.6. The van der Waals surface area contributed by atoms with Crippen LogP contribution in [-0.4, -0.2) is 0 Å². The zero-order valence-corrected chi connectivity index (χ0v) is 17.7. The van der Waals surface area contributed by atoms with Crippen molar-refractivity contribution in [3.63, 3.8) is 0 Å². The van der Waals surface area contributed by atoms with E-state index in [0.717, 1.165) is 11.8 Å². The van der Waals surface area contributed by atoms with Crippen molar-refractivity contribution in [2.45, 2.75) is 90.9 Å². The summed E-state index contributed by atoms with van der Waals surface area (Å²) in [6.45, 7) is 4.58. The topological polar surface area (TPSA) is 0 Å². The largest absolute Gasteiger partial charge is 0.358 e. The summed E-state index contributed by atoms with van der Waals surface area (Å²) in [5.74, 6) is 2.22. The SMILES string of the molecule is CCCC1CCCC1.CCCC1CCCC1.[CH3-].[CH3-].[Hf]. The molecule has 0 unspecified atom stereocenters. The van der Waals surface area contributed by atoms with Crippen molar-refractivity contribution in [1.82, 2.24) is 0 Å². The van der Waals surface area contributed by atoms with E-state index in [1.165, 1.54) is 77.0 Å². The van der Waals surface area contributed by atoms with Crippen molar-refractivity contribution >= 4 is 0 Å². The molecular formula is C18H38Hf-2. The summed E-state index contributed by atoms with van der Waals surface area (Å²) < 4.78 is 0. The van der Waals surface area contributed by atoms with Gasteiger partial charge in [0, 0.05) is 25.8 Å². The molecule has 0 radical (unpaired) electrons. The van der Waals surface area contributed by atoms with E-state index < -0.39 is 0 Å². The van der Waals surface area contributed by atoms with Gasteiger partial charge in [-0.05, 0) is 11.8 Å². The van der Waals surface area contributed by atoms with Crippen LogP contribution in [0.2, 0.25) is 0 Å². The third kappa shape index (κ3) is 12.3. The fourth-order valence-corrected chi connectivity index (χ4v) is 3.41. The molecule has 2 fully saturated rings. The Morgan fingerprint density at radius 2 is 0.895 bits per heavy atom. The van der Waals surface area contributed by atoms with Gasteiger partial charge in [-0.1, -0.05) is 90.9 Å². The third-order valence-corrected chi connectivity index (χ3v) is 4.34. The van der Waals surface area contributed by atoms with Gasteiger partial charge in [0.1, 0.15) is 0 Å². The second kappa shape index (κ2) is 16.9. The molecule has 0 atom stereocenters. The molecule has 0 aromatic heterocycles. The first-order valence-corrected chi connectivity index (χ1v) is 7.86. The van der Waals surface area contributed by atoms with E-state index in [2.05, 4.69) is 13.8 Å². The van der Waals surface area contributed by atoms with Gasteiger partial charge in [-0.2, -0.15) is 0 Å². The van der Waals surface area contributed by atoms with Gasteiger partial charge in [-0.3, -0.25) is 0 Å². The molecule has 0 spiro atoms. The Morgan fingerprint density at radius 3 is 1.11 bits per heavy atom. The monoisotopic (exact) mass is 434 g/mol. The fourth-order valence-electron chi connectivity index (χ4n) is 3.41. The standard InChI is InChI=1S/2C8H16.2CH3.Hf/c2*1-2-5-8-6-3-4-7-8;;;/h2*8H,2-7H2,1H3;2*1H3;/q;;2*-1;. The summed E-state index contributed by atoms with van der Waals surface area (Å²) in [7, 11) is 0. The first kappa shape index (κ1) is 24.9. The van der Waals surface area contributed by atoms with Crippen molar-refractivity contribution in [3.05, 3.63) is 14.9 Å².